The minimum absolute atomic E-state index is 0.104. The zero-order valence-electron chi connectivity index (χ0n) is 15.9. The molecule has 0 saturated heterocycles. The molecule has 0 aliphatic heterocycles. The molecule has 0 amide bonds. The zero-order valence-corrected chi connectivity index (χ0v) is 15.9. The van der Waals surface area contributed by atoms with Crippen LogP contribution < -0.4 is 11.1 Å². The van der Waals surface area contributed by atoms with Crippen LogP contribution in [0.15, 0.2) is 42.5 Å². The molecule has 3 rings (SSSR count). The van der Waals surface area contributed by atoms with E-state index in [9.17, 15) is 13.9 Å². The van der Waals surface area contributed by atoms with E-state index in [2.05, 4.69) is 36.5 Å². The van der Waals surface area contributed by atoms with Gasteiger partial charge in [0.1, 0.15) is 11.6 Å². The lowest BCUT2D eigenvalue weighted by Crippen LogP contribution is -2.55. The molecule has 0 radical (unpaired) electrons. The third kappa shape index (κ3) is 4.72. The Hall–Kier alpha value is -1.82. The number of aryl methyl sites for hydroxylation is 1. The first-order valence-corrected chi connectivity index (χ1v) is 9.50. The summed E-state index contributed by atoms with van der Waals surface area (Å²) in [4.78, 5) is 0. The smallest absolute Gasteiger partial charge is 0.126 e. The number of nitrogens with one attached hydrogen (secondary N) is 1. The van der Waals surface area contributed by atoms with E-state index in [0.717, 1.165) is 25.3 Å². The third-order valence-corrected chi connectivity index (χ3v) is 5.54. The predicted octanol–water partition coefficient (Wildman–Crippen LogP) is 3.43. The second kappa shape index (κ2) is 7.66. The van der Waals surface area contributed by atoms with E-state index in [-0.39, 0.29) is 12.0 Å². The number of nitrogens with two attached hydrogens (primary N) is 1. The number of aliphatic hydroxyl groups excluding tert-OH is 1. The molecule has 0 unspecified atom stereocenters. The molecule has 27 heavy (non-hydrogen) atoms. The first kappa shape index (κ1) is 19.9. The summed E-state index contributed by atoms with van der Waals surface area (Å²) in [5.74, 6) is -1.28. The summed E-state index contributed by atoms with van der Waals surface area (Å²) < 4.78 is 26.8. The molecule has 0 spiro atoms. The lowest BCUT2D eigenvalue weighted by atomic mass is 9.87. The molecule has 0 bridgehead atoms. The molecule has 146 valence electrons. The van der Waals surface area contributed by atoms with Gasteiger partial charge in [-0.15, -0.1) is 0 Å². The maximum absolute atomic E-state index is 13.4. The molecule has 2 aromatic rings. The summed E-state index contributed by atoms with van der Waals surface area (Å²) in [6, 6.07) is 11.9. The van der Waals surface area contributed by atoms with Crippen LogP contribution in [0.4, 0.5) is 8.78 Å². The van der Waals surface area contributed by atoms with Crippen LogP contribution in [0.1, 0.15) is 43.4 Å². The Kier molecular flexibility index (Phi) is 5.65. The molecule has 5 heteroatoms. The highest BCUT2D eigenvalue weighted by molar-refractivity contribution is 5.34. The fourth-order valence-corrected chi connectivity index (χ4v) is 3.58. The van der Waals surface area contributed by atoms with Crippen molar-refractivity contribution in [1.82, 2.24) is 5.32 Å². The van der Waals surface area contributed by atoms with E-state index in [1.807, 2.05) is 0 Å². The van der Waals surface area contributed by atoms with Crippen molar-refractivity contribution in [2.45, 2.75) is 56.7 Å². The molecule has 1 aliphatic carbocycles. The van der Waals surface area contributed by atoms with Crippen molar-refractivity contribution in [2.75, 3.05) is 6.54 Å². The van der Waals surface area contributed by atoms with Gasteiger partial charge in [0.25, 0.3) is 0 Å². The Morgan fingerprint density at radius 2 is 1.81 bits per heavy atom. The van der Waals surface area contributed by atoms with Gasteiger partial charge in [0.2, 0.25) is 0 Å². The molecule has 1 fully saturated rings. The van der Waals surface area contributed by atoms with E-state index in [4.69, 9.17) is 5.73 Å². The van der Waals surface area contributed by atoms with Crippen LogP contribution >= 0.6 is 0 Å². The minimum Gasteiger partial charge on any atom is -0.390 e. The molecule has 3 nitrogen and oxygen atoms in total. The quantitative estimate of drug-likeness (QED) is 0.664. The first-order chi connectivity index (χ1) is 12.7. The summed E-state index contributed by atoms with van der Waals surface area (Å²) in [6.45, 7) is 4.16. The van der Waals surface area contributed by atoms with Crippen molar-refractivity contribution in [3.05, 3.63) is 70.8 Å². The average molecular weight is 374 g/mol. The number of halogens is 2. The maximum Gasteiger partial charge on any atom is 0.126 e. The van der Waals surface area contributed by atoms with Crippen molar-refractivity contribution in [2.24, 2.45) is 5.73 Å². The van der Waals surface area contributed by atoms with Crippen molar-refractivity contribution in [3.63, 3.8) is 0 Å². The average Bonchev–Trinajstić information content (AvgIpc) is 3.39. The number of hydrogen-bond acceptors (Lipinski definition) is 3. The third-order valence-electron chi connectivity index (χ3n) is 5.54. The number of benzene rings is 2. The van der Waals surface area contributed by atoms with Crippen LogP contribution in [0.25, 0.3) is 0 Å². The lowest BCUT2D eigenvalue weighted by molar-refractivity contribution is 0.0885. The largest absolute Gasteiger partial charge is 0.390 e. The molecule has 2 atom stereocenters. The van der Waals surface area contributed by atoms with Crippen LogP contribution in [0.5, 0.6) is 0 Å². The van der Waals surface area contributed by atoms with E-state index in [1.54, 1.807) is 6.92 Å². The summed E-state index contributed by atoms with van der Waals surface area (Å²) in [5, 5.41) is 14.1. The lowest BCUT2D eigenvalue weighted by Gasteiger charge is -2.32. The van der Waals surface area contributed by atoms with Crippen LogP contribution in [0.3, 0.4) is 0 Å². The Balaban J connectivity index is 1.64. The standard InChI is InChI=1S/C22H28F2N2O/c1-3-15-5-4-6-17(9-15)22(7-8-22)26-14-20(27)21(2,25)13-16-10-18(23)12-19(24)11-16/h4-6,9-12,20,26-27H,3,7-8,13-14,25H2,1-2H3/t20-,21+/m1/s1. The topological polar surface area (TPSA) is 58.3 Å². The van der Waals surface area contributed by atoms with Crippen LogP contribution in [0, 0.1) is 11.6 Å². The zero-order chi connectivity index (χ0) is 19.7. The van der Waals surface area contributed by atoms with Gasteiger partial charge in [0, 0.05) is 23.7 Å². The monoisotopic (exact) mass is 374 g/mol. The van der Waals surface area contributed by atoms with E-state index < -0.39 is 23.3 Å². The summed E-state index contributed by atoms with van der Waals surface area (Å²) in [5.41, 5.74) is 8.15. The molecule has 1 saturated carbocycles. The molecule has 4 N–H and O–H groups in total. The molecule has 1 aliphatic rings. The van der Waals surface area contributed by atoms with Gasteiger partial charge in [-0.1, -0.05) is 31.2 Å². The Labute approximate surface area is 159 Å². The van der Waals surface area contributed by atoms with Gasteiger partial charge in [0.05, 0.1) is 6.10 Å². The van der Waals surface area contributed by atoms with Crippen LogP contribution in [0.2, 0.25) is 0 Å². The fourth-order valence-electron chi connectivity index (χ4n) is 3.58. The normalized spacial score (nSPS) is 18.7. The highest BCUT2D eigenvalue weighted by atomic mass is 19.1. The molecule has 0 aromatic heterocycles. The van der Waals surface area contributed by atoms with Gasteiger partial charge >= 0.3 is 0 Å². The van der Waals surface area contributed by atoms with E-state index in [1.165, 1.54) is 23.3 Å². The Bertz CT molecular complexity index is 782. The van der Waals surface area contributed by atoms with Gasteiger partial charge in [-0.3, -0.25) is 0 Å². The van der Waals surface area contributed by atoms with Gasteiger partial charge in [0.15, 0.2) is 0 Å². The van der Waals surface area contributed by atoms with E-state index >= 15 is 0 Å². The molecule has 0 heterocycles. The molecular weight excluding hydrogens is 346 g/mol. The number of rotatable bonds is 8. The van der Waals surface area contributed by atoms with Gasteiger partial charge in [-0.25, -0.2) is 8.78 Å². The van der Waals surface area contributed by atoms with Gasteiger partial charge in [-0.05, 0) is 61.4 Å². The SMILES string of the molecule is CCc1cccc(C2(NC[C@@H](O)[C@@](C)(N)Cc3cc(F)cc(F)c3)CC2)c1. The number of hydrogen-bond donors (Lipinski definition) is 3. The van der Waals surface area contributed by atoms with Gasteiger partial charge < -0.3 is 16.2 Å². The van der Waals surface area contributed by atoms with Crippen molar-refractivity contribution < 1.29 is 13.9 Å². The van der Waals surface area contributed by atoms with Crippen LogP contribution in [-0.4, -0.2) is 23.3 Å². The van der Waals surface area contributed by atoms with Crippen molar-refractivity contribution >= 4 is 0 Å². The predicted molar refractivity (Wildman–Crippen MR) is 103 cm³/mol. The fraction of sp³-hybridized carbons (Fsp3) is 0.455. The molecule has 2 aromatic carbocycles. The van der Waals surface area contributed by atoms with E-state index in [0.29, 0.717) is 12.1 Å². The first-order valence-electron chi connectivity index (χ1n) is 9.50. The van der Waals surface area contributed by atoms with Crippen molar-refractivity contribution in [1.29, 1.82) is 0 Å². The summed E-state index contributed by atoms with van der Waals surface area (Å²) >= 11 is 0. The summed E-state index contributed by atoms with van der Waals surface area (Å²) in [7, 11) is 0. The van der Waals surface area contributed by atoms with Crippen LogP contribution in [-0.2, 0) is 18.4 Å². The summed E-state index contributed by atoms with van der Waals surface area (Å²) in [6.07, 6.45) is 2.35. The highest BCUT2D eigenvalue weighted by Crippen LogP contribution is 2.45. The van der Waals surface area contributed by atoms with Crippen molar-refractivity contribution in [3.8, 4) is 0 Å². The second-order valence-electron chi connectivity index (χ2n) is 7.99. The Morgan fingerprint density at radius 3 is 2.41 bits per heavy atom. The maximum atomic E-state index is 13.4. The van der Waals surface area contributed by atoms with Gasteiger partial charge in [-0.2, -0.15) is 0 Å². The Morgan fingerprint density at radius 1 is 1.15 bits per heavy atom. The minimum atomic E-state index is -1.01. The second-order valence-corrected chi connectivity index (χ2v) is 7.99. The molecular formula is C22H28F2N2O. The highest BCUT2D eigenvalue weighted by Gasteiger charge is 2.45. The number of aliphatic hydroxyl groups is 1.